The molecule has 0 bridgehead atoms. The normalized spacial score (nSPS) is 42.9. The minimum Gasteiger partial charge on any atom is -0.457 e. The Labute approximate surface area is 166 Å². The number of rotatable bonds is 3. The van der Waals surface area contributed by atoms with Crippen LogP contribution >= 0.6 is 23.5 Å². The molecule has 3 heterocycles. The molecule has 1 aliphatic carbocycles. The molecule has 5 atom stereocenters. The second kappa shape index (κ2) is 6.67. The molecule has 5 unspecified atom stereocenters. The summed E-state index contributed by atoms with van der Waals surface area (Å²) in [6.45, 7) is 0. The lowest BCUT2D eigenvalue weighted by Gasteiger charge is -2.36. The second-order valence-corrected chi connectivity index (χ2v) is 11.8. The first-order chi connectivity index (χ1) is 12.9. The van der Waals surface area contributed by atoms with Crippen LogP contribution in [0.15, 0.2) is 0 Å². The number of ether oxygens (including phenoxy) is 3. The number of aliphatic hydroxyl groups excluding tert-OH is 1. The van der Waals surface area contributed by atoms with Gasteiger partial charge >= 0.3 is 27.3 Å². The van der Waals surface area contributed by atoms with Crippen LogP contribution in [0.2, 0.25) is 0 Å². The highest BCUT2D eigenvalue weighted by molar-refractivity contribution is 8.22. The van der Waals surface area contributed by atoms with Crippen molar-refractivity contribution in [2.45, 2.75) is 70.1 Å². The zero-order valence-electron chi connectivity index (χ0n) is 14.0. The number of halogens is 2. The molecule has 4 rings (SSSR count). The van der Waals surface area contributed by atoms with E-state index in [0.717, 1.165) is 0 Å². The first kappa shape index (κ1) is 20.6. The van der Waals surface area contributed by atoms with Crippen molar-refractivity contribution in [3.05, 3.63) is 0 Å². The van der Waals surface area contributed by atoms with Crippen LogP contribution in [0.25, 0.3) is 0 Å². The Bertz CT molecular complexity index is 796. The highest BCUT2D eigenvalue weighted by Gasteiger charge is 2.64. The van der Waals surface area contributed by atoms with Crippen molar-refractivity contribution < 1.29 is 50.7 Å². The van der Waals surface area contributed by atoms with Crippen LogP contribution in [0, 0.1) is 0 Å². The molecular formula is C14H16F2O9S3. The van der Waals surface area contributed by atoms with E-state index in [1.165, 1.54) is 11.8 Å². The van der Waals surface area contributed by atoms with Gasteiger partial charge in [-0.1, -0.05) is 0 Å². The van der Waals surface area contributed by atoms with Crippen LogP contribution in [0.4, 0.5) is 8.78 Å². The monoisotopic (exact) mass is 462 g/mol. The molecule has 4 fully saturated rings. The Morgan fingerprint density at radius 1 is 1.25 bits per heavy atom. The molecule has 3 aliphatic heterocycles. The summed E-state index contributed by atoms with van der Waals surface area (Å²) in [5.74, 6) is -3.01. The van der Waals surface area contributed by atoms with Gasteiger partial charge in [0.05, 0.1) is 9.33 Å². The summed E-state index contributed by atoms with van der Waals surface area (Å²) >= 11 is 3.05. The topological polar surface area (TPSA) is 136 Å². The predicted octanol–water partition coefficient (Wildman–Crippen LogP) is 0.509. The van der Waals surface area contributed by atoms with Gasteiger partial charge in [0.25, 0.3) is 0 Å². The van der Waals surface area contributed by atoms with E-state index in [1.54, 1.807) is 11.8 Å². The van der Waals surface area contributed by atoms with Crippen molar-refractivity contribution in [1.82, 2.24) is 0 Å². The first-order valence-electron chi connectivity index (χ1n) is 8.39. The quantitative estimate of drug-likeness (QED) is 0.448. The third-order valence-electron chi connectivity index (χ3n) is 5.22. The van der Waals surface area contributed by atoms with Crippen molar-refractivity contribution in [2.75, 3.05) is 0 Å². The number of thioether (sulfide) groups is 2. The minimum absolute atomic E-state index is 0.168. The number of hydrogen-bond donors (Lipinski definition) is 2. The Morgan fingerprint density at radius 3 is 2.50 bits per heavy atom. The molecule has 0 amide bonds. The second-order valence-electron chi connectivity index (χ2n) is 7.02. The Balaban J connectivity index is 1.34. The fourth-order valence-corrected chi connectivity index (χ4v) is 8.08. The molecule has 28 heavy (non-hydrogen) atoms. The summed E-state index contributed by atoms with van der Waals surface area (Å²) in [5, 5.41) is 4.60. The van der Waals surface area contributed by atoms with E-state index in [2.05, 4.69) is 4.74 Å². The highest BCUT2D eigenvalue weighted by Crippen LogP contribution is 2.63. The van der Waals surface area contributed by atoms with Crippen molar-refractivity contribution in [3.8, 4) is 0 Å². The summed E-state index contributed by atoms with van der Waals surface area (Å²) in [6.07, 6.45) is -2.04. The third-order valence-corrected chi connectivity index (χ3v) is 9.89. The maximum Gasteiger partial charge on any atom is 0.465 e. The van der Waals surface area contributed by atoms with E-state index in [1.807, 2.05) is 0 Å². The van der Waals surface area contributed by atoms with E-state index < -0.39 is 51.7 Å². The van der Waals surface area contributed by atoms with Crippen LogP contribution in [0.1, 0.15) is 25.7 Å². The summed E-state index contributed by atoms with van der Waals surface area (Å²) < 4.78 is 71.6. The van der Waals surface area contributed by atoms with Crippen molar-refractivity contribution in [2.24, 2.45) is 0 Å². The van der Waals surface area contributed by atoms with E-state index in [4.69, 9.17) is 14.0 Å². The minimum atomic E-state index is -5.90. The average molecular weight is 462 g/mol. The number of aliphatic hydroxyl groups is 1. The van der Waals surface area contributed by atoms with Gasteiger partial charge in [-0.2, -0.15) is 17.2 Å². The van der Waals surface area contributed by atoms with Gasteiger partial charge in [0.2, 0.25) is 0 Å². The number of hydrogen-bond acceptors (Lipinski definition) is 10. The van der Waals surface area contributed by atoms with Gasteiger partial charge in [-0.15, -0.1) is 23.5 Å². The van der Waals surface area contributed by atoms with Crippen molar-refractivity contribution in [1.29, 1.82) is 0 Å². The van der Waals surface area contributed by atoms with Gasteiger partial charge in [-0.3, -0.25) is 4.55 Å². The fraction of sp³-hybridized carbons (Fsp3) is 0.857. The highest BCUT2D eigenvalue weighted by atomic mass is 32.2. The number of fused-ring (bicyclic) bond motifs is 3. The lowest BCUT2D eigenvalue weighted by atomic mass is 9.96. The van der Waals surface area contributed by atoms with Crippen LogP contribution < -0.4 is 0 Å². The number of carbonyl (C=O) groups excluding carboxylic acids is 2. The number of alkyl halides is 2. The largest absolute Gasteiger partial charge is 0.465 e. The lowest BCUT2D eigenvalue weighted by Crippen LogP contribution is -2.42. The Morgan fingerprint density at radius 2 is 1.89 bits per heavy atom. The third kappa shape index (κ3) is 3.21. The smallest absolute Gasteiger partial charge is 0.457 e. The van der Waals surface area contributed by atoms with Gasteiger partial charge in [0.15, 0.2) is 6.10 Å². The van der Waals surface area contributed by atoms with Crippen LogP contribution in [-0.4, -0.2) is 74.5 Å². The molecule has 3 saturated heterocycles. The molecule has 14 heteroatoms. The van der Waals surface area contributed by atoms with E-state index in [-0.39, 0.29) is 27.6 Å². The molecule has 1 saturated carbocycles. The Kier molecular flexibility index (Phi) is 4.91. The first-order valence-corrected chi connectivity index (χ1v) is 11.6. The summed E-state index contributed by atoms with van der Waals surface area (Å²) in [7, 11) is -5.90. The number of carbonyl (C=O) groups is 2. The molecule has 0 aromatic rings. The maximum atomic E-state index is 13.3. The molecular weight excluding hydrogens is 446 g/mol. The van der Waals surface area contributed by atoms with E-state index >= 15 is 0 Å². The Hall–Kier alpha value is -0.670. The summed E-state index contributed by atoms with van der Waals surface area (Å²) in [4.78, 5) is 22.9. The molecule has 1 spiro atoms. The molecule has 158 valence electrons. The molecule has 2 N–H and O–H groups in total. The summed E-state index contributed by atoms with van der Waals surface area (Å²) in [5.41, 5.74) is -0.286. The molecule has 0 aromatic heterocycles. The molecule has 4 aliphatic rings. The average Bonchev–Trinajstić information content (AvgIpc) is 3.19. The lowest BCUT2D eigenvalue weighted by molar-refractivity contribution is -0.168. The van der Waals surface area contributed by atoms with Crippen molar-refractivity contribution in [3.63, 3.8) is 0 Å². The molecule has 9 nitrogen and oxygen atoms in total. The standard InChI is InChI=1S/C14H16F2O9S3/c15-14(16,28(20,21)22)12(19)23-5-1-3-13(4-2-5)26-9-8-7(25-11(9)27-13)6(17)10(18)24-8/h5-9,11,17H,1-4H2,(H,20,21,22). The van der Waals surface area contributed by atoms with Crippen LogP contribution in [0.5, 0.6) is 0 Å². The van der Waals surface area contributed by atoms with Crippen LogP contribution in [0.3, 0.4) is 0 Å². The predicted molar refractivity (Wildman–Crippen MR) is 91.1 cm³/mol. The molecule has 0 radical (unpaired) electrons. The maximum absolute atomic E-state index is 13.3. The van der Waals surface area contributed by atoms with Gasteiger partial charge in [-0.25, -0.2) is 9.59 Å². The summed E-state index contributed by atoms with van der Waals surface area (Å²) in [6, 6.07) is 0. The molecule has 0 aromatic carbocycles. The van der Waals surface area contributed by atoms with E-state index in [9.17, 15) is 31.9 Å². The van der Waals surface area contributed by atoms with Crippen molar-refractivity contribution >= 4 is 45.6 Å². The fourth-order valence-electron chi connectivity index (χ4n) is 3.79. The number of esters is 2. The SMILES string of the molecule is O=C1OC2C(OC3SC4(CCC(OC(=O)C(F)(F)S(=O)(=O)O)CC4)SC32)C1O. The van der Waals surface area contributed by atoms with Crippen LogP contribution in [-0.2, 0) is 33.9 Å². The van der Waals surface area contributed by atoms with Gasteiger partial charge in [0.1, 0.15) is 23.7 Å². The zero-order valence-corrected chi connectivity index (χ0v) is 16.5. The van der Waals surface area contributed by atoms with Gasteiger partial charge in [-0.05, 0) is 25.7 Å². The van der Waals surface area contributed by atoms with Gasteiger partial charge < -0.3 is 19.3 Å². The zero-order chi connectivity index (χ0) is 20.5. The van der Waals surface area contributed by atoms with E-state index in [0.29, 0.717) is 12.8 Å². The van der Waals surface area contributed by atoms with Gasteiger partial charge in [0, 0.05) is 0 Å².